The molecule has 2 aromatic rings. The molecule has 1 radical (unpaired) electrons. The Balaban J connectivity index is 2.40. The fourth-order valence-corrected chi connectivity index (χ4v) is 1.87. The van der Waals surface area contributed by atoms with Gasteiger partial charge in [0.25, 0.3) is 0 Å². The van der Waals surface area contributed by atoms with Crippen molar-refractivity contribution in [3.8, 4) is 11.1 Å². The molecule has 0 aliphatic carbocycles. The minimum absolute atomic E-state index is 0.0158. The van der Waals surface area contributed by atoms with Crippen LogP contribution < -0.4 is 5.32 Å². The third-order valence-electron chi connectivity index (χ3n) is 2.83. The summed E-state index contributed by atoms with van der Waals surface area (Å²) in [7, 11) is 0. The molecule has 2 nitrogen and oxygen atoms in total. The maximum atomic E-state index is 13.0. The molecule has 0 unspecified atom stereocenters. The Labute approximate surface area is 126 Å². The topological polar surface area (TPSA) is 29.1 Å². The quantitative estimate of drug-likeness (QED) is 0.796. The maximum Gasteiger partial charge on any atom is 0.471 e. The van der Waals surface area contributed by atoms with Crippen LogP contribution in [-0.4, -0.2) is 12.1 Å². The molecule has 0 aliphatic heterocycles. The molecule has 0 saturated carbocycles. The number of carbonyl (C=O) groups excluding carboxylic acids is 1. The van der Waals surface area contributed by atoms with Crippen LogP contribution in [0.1, 0.15) is 5.56 Å². The first-order chi connectivity index (χ1) is 10.6. The first-order valence-electron chi connectivity index (χ1n) is 6.15. The number of rotatable bonds is 2. The number of halogens is 6. The number of amides is 1. The van der Waals surface area contributed by atoms with E-state index in [1.54, 1.807) is 5.32 Å². The summed E-state index contributed by atoms with van der Waals surface area (Å²) in [4.78, 5) is 10.9. The minimum atomic E-state index is -5.09. The van der Waals surface area contributed by atoms with E-state index in [0.717, 1.165) is 24.3 Å². The average Bonchev–Trinajstić information content (AvgIpc) is 2.45. The van der Waals surface area contributed by atoms with E-state index >= 15 is 0 Å². The van der Waals surface area contributed by atoms with E-state index in [9.17, 15) is 31.1 Å². The van der Waals surface area contributed by atoms with Gasteiger partial charge in [-0.25, -0.2) is 0 Å². The molecule has 1 amide bonds. The van der Waals surface area contributed by atoms with Gasteiger partial charge >= 0.3 is 18.3 Å². The monoisotopic (exact) mass is 332 g/mol. The van der Waals surface area contributed by atoms with E-state index in [0.29, 0.717) is 0 Å². The first-order valence-corrected chi connectivity index (χ1v) is 6.15. The van der Waals surface area contributed by atoms with Crippen LogP contribution >= 0.6 is 0 Å². The number of benzene rings is 2. The molecule has 0 heterocycles. The highest BCUT2D eigenvalue weighted by molar-refractivity contribution is 5.95. The molecule has 0 fully saturated rings. The summed E-state index contributed by atoms with van der Waals surface area (Å²) in [5.74, 6) is -2.21. The minimum Gasteiger partial charge on any atom is -0.318 e. The molecule has 2 rings (SSSR count). The molecule has 0 aliphatic rings. The lowest BCUT2D eigenvalue weighted by Gasteiger charge is -2.14. The van der Waals surface area contributed by atoms with E-state index in [-0.39, 0.29) is 16.8 Å². The summed E-state index contributed by atoms with van der Waals surface area (Å²) < 4.78 is 75.5. The van der Waals surface area contributed by atoms with Gasteiger partial charge in [-0.05, 0) is 29.8 Å². The zero-order valence-electron chi connectivity index (χ0n) is 11.2. The van der Waals surface area contributed by atoms with Crippen molar-refractivity contribution in [2.75, 3.05) is 5.32 Å². The molecule has 2 aromatic carbocycles. The molecule has 1 N–H and O–H groups in total. The Morgan fingerprint density at radius 2 is 1.70 bits per heavy atom. The number of hydrogen-bond donors (Lipinski definition) is 1. The SMILES string of the molecule is O=C(Nc1cccc(-c2[c]cccc2C(F)(F)F)c1)C(F)(F)F. The predicted molar refractivity (Wildman–Crippen MR) is 70.4 cm³/mol. The van der Waals surface area contributed by atoms with Gasteiger partial charge in [0.05, 0.1) is 5.56 Å². The standard InChI is InChI=1S/C15H8F6NO/c16-14(17,18)12-7-2-1-6-11(12)9-4-3-5-10(8-9)22-13(23)15(19,20)21/h1-5,7-8H,(H,22,23). The Hall–Kier alpha value is -2.51. The van der Waals surface area contributed by atoms with E-state index in [4.69, 9.17) is 0 Å². The van der Waals surface area contributed by atoms with Crippen molar-refractivity contribution in [1.29, 1.82) is 0 Å². The predicted octanol–water partition coefficient (Wildman–Crippen LogP) is 4.67. The van der Waals surface area contributed by atoms with Crippen LogP contribution in [0.2, 0.25) is 0 Å². The molecule has 23 heavy (non-hydrogen) atoms. The number of nitrogens with one attached hydrogen (secondary N) is 1. The van der Waals surface area contributed by atoms with Crippen LogP contribution in [0, 0.1) is 6.07 Å². The van der Waals surface area contributed by atoms with Gasteiger partial charge in [0.15, 0.2) is 0 Å². The Kier molecular flexibility index (Phi) is 4.35. The fourth-order valence-electron chi connectivity index (χ4n) is 1.87. The highest BCUT2D eigenvalue weighted by atomic mass is 19.4. The maximum absolute atomic E-state index is 13.0. The Bertz CT molecular complexity index is 720. The molecular formula is C15H8F6NO. The Morgan fingerprint density at radius 3 is 2.30 bits per heavy atom. The average molecular weight is 332 g/mol. The molecule has 0 bridgehead atoms. The van der Waals surface area contributed by atoms with Crippen LogP contribution in [0.5, 0.6) is 0 Å². The zero-order chi connectivity index (χ0) is 17.3. The molecule has 0 spiro atoms. The van der Waals surface area contributed by atoms with Crippen LogP contribution in [0.4, 0.5) is 32.0 Å². The lowest BCUT2D eigenvalue weighted by atomic mass is 9.99. The molecule has 0 aromatic heterocycles. The van der Waals surface area contributed by atoms with Crippen molar-refractivity contribution in [3.63, 3.8) is 0 Å². The van der Waals surface area contributed by atoms with Crippen molar-refractivity contribution in [1.82, 2.24) is 0 Å². The Morgan fingerprint density at radius 1 is 1.00 bits per heavy atom. The smallest absolute Gasteiger partial charge is 0.318 e. The summed E-state index contributed by atoms with van der Waals surface area (Å²) >= 11 is 0. The first kappa shape index (κ1) is 16.9. The summed E-state index contributed by atoms with van der Waals surface area (Å²) in [6, 6.07) is 10.3. The normalized spacial score (nSPS) is 12.1. The summed E-state index contributed by atoms with van der Waals surface area (Å²) in [5, 5.41) is 1.59. The van der Waals surface area contributed by atoms with Crippen molar-refractivity contribution in [2.45, 2.75) is 12.4 Å². The van der Waals surface area contributed by atoms with Gasteiger partial charge in [0, 0.05) is 11.3 Å². The lowest BCUT2D eigenvalue weighted by Crippen LogP contribution is -2.29. The molecule has 0 saturated heterocycles. The third kappa shape index (κ3) is 4.02. The second kappa shape index (κ2) is 5.94. The van der Waals surface area contributed by atoms with E-state index in [1.165, 1.54) is 18.2 Å². The third-order valence-corrected chi connectivity index (χ3v) is 2.83. The van der Waals surface area contributed by atoms with E-state index < -0.39 is 23.8 Å². The van der Waals surface area contributed by atoms with E-state index in [2.05, 4.69) is 6.07 Å². The number of anilines is 1. The fraction of sp³-hybridized carbons (Fsp3) is 0.133. The second-order valence-electron chi connectivity index (χ2n) is 4.49. The zero-order valence-corrected chi connectivity index (χ0v) is 11.2. The van der Waals surface area contributed by atoms with Crippen LogP contribution in [0.15, 0.2) is 42.5 Å². The molecular weight excluding hydrogens is 324 g/mol. The number of alkyl halides is 6. The lowest BCUT2D eigenvalue weighted by molar-refractivity contribution is -0.167. The second-order valence-corrected chi connectivity index (χ2v) is 4.49. The van der Waals surface area contributed by atoms with Crippen molar-refractivity contribution in [2.24, 2.45) is 0 Å². The van der Waals surface area contributed by atoms with Gasteiger partial charge in [0.2, 0.25) is 0 Å². The largest absolute Gasteiger partial charge is 0.471 e. The molecule has 121 valence electrons. The van der Waals surface area contributed by atoms with Gasteiger partial charge in [-0.3, -0.25) is 4.79 Å². The number of carbonyl (C=O) groups is 1. The van der Waals surface area contributed by atoms with E-state index in [1.807, 2.05) is 0 Å². The van der Waals surface area contributed by atoms with Crippen LogP contribution in [0.3, 0.4) is 0 Å². The summed E-state index contributed by atoms with van der Waals surface area (Å²) in [6.07, 6.45) is -9.73. The van der Waals surface area contributed by atoms with Gasteiger partial charge in [-0.1, -0.05) is 24.3 Å². The number of hydrogen-bond acceptors (Lipinski definition) is 1. The van der Waals surface area contributed by atoms with Crippen molar-refractivity contribution >= 4 is 11.6 Å². The van der Waals surface area contributed by atoms with Gasteiger partial charge in [0.1, 0.15) is 0 Å². The van der Waals surface area contributed by atoms with Gasteiger partial charge < -0.3 is 5.32 Å². The van der Waals surface area contributed by atoms with Crippen LogP contribution in [-0.2, 0) is 11.0 Å². The summed E-state index contributed by atoms with van der Waals surface area (Å²) in [6.45, 7) is 0. The molecule has 8 heteroatoms. The van der Waals surface area contributed by atoms with Crippen LogP contribution in [0.25, 0.3) is 11.1 Å². The molecule has 0 atom stereocenters. The van der Waals surface area contributed by atoms with Crippen molar-refractivity contribution < 1.29 is 31.1 Å². The van der Waals surface area contributed by atoms with Crippen molar-refractivity contribution in [3.05, 3.63) is 54.1 Å². The van der Waals surface area contributed by atoms with Gasteiger partial charge in [-0.15, -0.1) is 0 Å². The highest BCUT2D eigenvalue weighted by Crippen LogP contribution is 2.37. The summed E-state index contributed by atoms with van der Waals surface area (Å²) in [5.41, 5.74) is -1.57. The van der Waals surface area contributed by atoms with Gasteiger partial charge in [-0.2, -0.15) is 26.3 Å². The highest BCUT2D eigenvalue weighted by Gasteiger charge is 2.38.